The average molecular weight is 422 g/mol. The summed E-state index contributed by atoms with van der Waals surface area (Å²) < 4.78 is 0.995. The third-order valence-electron chi connectivity index (χ3n) is 5.06. The van der Waals surface area contributed by atoms with Gasteiger partial charge in [-0.05, 0) is 30.9 Å². The van der Waals surface area contributed by atoms with Gasteiger partial charge in [-0.15, -0.1) is 0 Å². The predicted molar refractivity (Wildman–Crippen MR) is 128 cm³/mol. The van der Waals surface area contributed by atoms with Crippen LogP contribution in [-0.2, 0) is 0 Å². The Kier molecular flexibility index (Phi) is 18.0. The van der Waals surface area contributed by atoms with Crippen LogP contribution in [0.25, 0.3) is 0 Å². The monoisotopic (exact) mass is 421 g/mol. The molecule has 3 unspecified atom stereocenters. The number of nitrogens with zero attached hydrogens (tertiary/aromatic N) is 1. The van der Waals surface area contributed by atoms with Gasteiger partial charge in [0, 0.05) is 24.6 Å². The van der Waals surface area contributed by atoms with E-state index in [1.54, 1.807) is 23.5 Å². The predicted octanol–water partition coefficient (Wildman–Crippen LogP) is 6.46. The van der Waals surface area contributed by atoms with Gasteiger partial charge in [0.05, 0.1) is 6.10 Å². The SMILES string of the molecule is CCCCC(CC)CN(CC(CC)CCCC)C(=S)SCC(O)CSC. The minimum Gasteiger partial charge on any atom is -0.391 e. The molecule has 0 aromatic carbocycles. The van der Waals surface area contributed by atoms with E-state index in [0.717, 1.165) is 35.0 Å². The van der Waals surface area contributed by atoms with Crippen molar-refractivity contribution in [3.63, 3.8) is 0 Å². The molecular formula is C21H43NOS3. The lowest BCUT2D eigenvalue weighted by molar-refractivity contribution is 0.225. The number of aliphatic hydroxyl groups excluding tert-OH is 1. The molecule has 0 saturated carbocycles. The molecule has 0 rings (SSSR count). The molecule has 3 atom stereocenters. The fourth-order valence-corrected chi connectivity index (χ4v) is 4.97. The molecule has 26 heavy (non-hydrogen) atoms. The molecule has 0 bridgehead atoms. The first-order valence-electron chi connectivity index (χ1n) is 10.6. The van der Waals surface area contributed by atoms with Crippen LogP contribution < -0.4 is 0 Å². The van der Waals surface area contributed by atoms with Gasteiger partial charge in [0.2, 0.25) is 0 Å². The molecule has 1 N–H and O–H groups in total. The molecule has 2 nitrogen and oxygen atoms in total. The van der Waals surface area contributed by atoms with Crippen molar-refractivity contribution in [1.29, 1.82) is 0 Å². The van der Waals surface area contributed by atoms with Gasteiger partial charge in [-0.1, -0.05) is 90.2 Å². The summed E-state index contributed by atoms with van der Waals surface area (Å²) in [5.74, 6) is 2.97. The standard InChI is InChI=1S/C21H43NOS3/c1-6-10-12-18(8-3)14-22(15-19(9-4)13-11-7-2)21(24)26-17-20(23)16-25-5/h18-20,23H,6-17H2,1-5H3. The normalized spacial score (nSPS) is 14.8. The van der Waals surface area contributed by atoms with Crippen LogP contribution in [0.15, 0.2) is 0 Å². The zero-order valence-electron chi connectivity index (χ0n) is 17.8. The molecule has 0 radical (unpaired) electrons. The average Bonchev–Trinajstić information content (AvgIpc) is 2.65. The highest BCUT2D eigenvalue weighted by atomic mass is 32.2. The number of thioether (sulfide) groups is 2. The summed E-state index contributed by atoms with van der Waals surface area (Å²) in [6.07, 6.45) is 12.0. The fraction of sp³-hybridized carbons (Fsp3) is 0.952. The molecule has 5 heteroatoms. The quantitative estimate of drug-likeness (QED) is 0.288. The second-order valence-electron chi connectivity index (χ2n) is 7.42. The van der Waals surface area contributed by atoms with Gasteiger partial charge in [0.1, 0.15) is 4.32 Å². The maximum absolute atomic E-state index is 10.0. The number of hydrogen-bond donors (Lipinski definition) is 1. The Balaban J connectivity index is 4.85. The molecule has 0 heterocycles. The number of rotatable bonds is 16. The maximum atomic E-state index is 10.0. The van der Waals surface area contributed by atoms with E-state index >= 15 is 0 Å². The van der Waals surface area contributed by atoms with Gasteiger partial charge >= 0.3 is 0 Å². The van der Waals surface area contributed by atoms with E-state index in [4.69, 9.17) is 12.2 Å². The van der Waals surface area contributed by atoms with Crippen molar-refractivity contribution in [2.75, 3.05) is 30.9 Å². The minimum atomic E-state index is -0.265. The maximum Gasteiger partial charge on any atom is 0.136 e. The summed E-state index contributed by atoms with van der Waals surface area (Å²) in [7, 11) is 0. The van der Waals surface area contributed by atoms with Crippen LogP contribution >= 0.6 is 35.7 Å². The topological polar surface area (TPSA) is 23.5 Å². The Hall–Kier alpha value is 0.550. The van der Waals surface area contributed by atoms with Crippen molar-refractivity contribution < 1.29 is 5.11 Å². The van der Waals surface area contributed by atoms with Crippen molar-refractivity contribution in [3.8, 4) is 0 Å². The van der Waals surface area contributed by atoms with Crippen LogP contribution in [0.2, 0.25) is 0 Å². The number of unbranched alkanes of at least 4 members (excludes halogenated alkanes) is 2. The van der Waals surface area contributed by atoms with E-state index < -0.39 is 0 Å². The summed E-state index contributed by atoms with van der Waals surface area (Å²) in [5, 5.41) is 10.0. The summed E-state index contributed by atoms with van der Waals surface area (Å²) in [6, 6.07) is 0. The fourth-order valence-electron chi connectivity index (χ4n) is 3.18. The van der Waals surface area contributed by atoms with Crippen LogP contribution in [0, 0.1) is 11.8 Å². The highest BCUT2D eigenvalue weighted by Gasteiger charge is 2.20. The number of thiocarbonyl (C=S) groups is 1. The van der Waals surface area contributed by atoms with Crippen molar-refractivity contribution in [2.24, 2.45) is 11.8 Å². The summed E-state index contributed by atoms with van der Waals surface area (Å²) in [6.45, 7) is 11.3. The van der Waals surface area contributed by atoms with Crippen molar-refractivity contribution in [3.05, 3.63) is 0 Å². The second kappa shape index (κ2) is 17.6. The molecule has 0 aliphatic carbocycles. The molecule has 0 aromatic heterocycles. The molecule has 156 valence electrons. The first-order chi connectivity index (χ1) is 12.5. The molecular weight excluding hydrogens is 378 g/mol. The molecule has 0 fully saturated rings. The zero-order chi connectivity index (χ0) is 19.8. The molecule has 0 saturated heterocycles. The summed E-state index contributed by atoms with van der Waals surface area (Å²) >= 11 is 9.18. The van der Waals surface area contributed by atoms with E-state index in [-0.39, 0.29) is 6.10 Å². The Labute approximate surface area is 177 Å². The molecule has 0 aromatic rings. The van der Waals surface area contributed by atoms with Crippen LogP contribution in [-0.4, -0.2) is 51.3 Å². The summed E-state index contributed by atoms with van der Waals surface area (Å²) in [4.78, 5) is 2.47. The van der Waals surface area contributed by atoms with Crippen molar-refractivity contribution >= 4 is 40.1 Å². The number of aliphatic hydroxyl groups is 1. The summed E-state index contributed by atoms with van der Waals surface area (Å²) in [5.41, 5.74) is 0. The van der Waals surface area contributed by atoms with Crippen LogP contribution in [0.4, 0.5) is 0 Å². The van der Waals surface area contributed by atoms with Gasteiger partial charge < -0.3 is 10.0 Å². The van der Waals surface area contributed by atoms with E-state index in [0.29, 0.717) is 5.75 Å². The van der Waals surface area contributed by atoms with Gasteiger partial charge in [0.15, 0.2) is 0 Å². The van der Waals surface area contributed by atoms with Crippen LogP contribution in [0.5, 0.6) is 0 Å². The van der Waals surface area contributed by atoms with Gasteiger partial charge in [0.25, 0.3) is 0 Å². The Morgan fingerprint density at radius 2 is 1.42 bits per heavy atom. The lowest BCUT2D eigenvalue weighted by atomic mass is 9.96. The lowest BCUT2D eigenvalue weighted by Crippen LogP contribution is -2.37. The molecule has 0 aliphatic heterocycles. The van der Waals surface area contributed by atoms with E-state index in [9.17, 15) is 5.11 Å². The second-order valence-corrected chi connectivity index (χ2v) is 9.99. The highest BCUT2D eigenvalue weighted by Crippen LogP contribution is 2.22. The first-order valence-corrected chi connectivity index (χ1v) is 13.4. The Bertz CT molecular complexity index is 323. The highest BCUT2D eigenvalue weighted by molar-refractivity contribution is 8.22. The number of hydrogen-bond acceptors (Lipinski definition) is 4. The van der Waals surface area contributed by atoms with Crippen LogP contribution in [0.1, 0.15) is 79.1 Å². The van der Waals surface area contributed by atoms with E-state index in [1.165, 1.54) is 51.4 Å². The molecule has 0 amide bonds. The Morgan fingerprint density at radius 3 is 1.81 bits per heavy atom. The van der Waals surface area contributed by atoms with Crippen molar-refractivity contribution in [2.45, 2.75) is 85.2 Å². The molecule has 0 spiro atoms. The smallest absolute Gasteiger partial charge is 0.136 e. The van der Waals surface area contributed by atoms with Gasteiger partial charge in [-0.25, -0.2) is 0 Å². The van der Waals surface area contributed by atoms with Gasteiger partial charge in [-0.2, -0.15) is 11.8 Å². The Morgan fingerprint density at radius 1 is 0.923 bits per heavy atom. The van der Waals surface area contributed by atoms with Crippen molar-refractivity contribution in [1.82, 2.24) is 4.90 Å². The first kappa shape index (κ1) is 26.6. The van der Waals surface area contributed by atoms with Crippen LogP contribution in [0.3, 0.4) is 0 Å². The van der Waals surface area contributed by atoms with Gasteiger partial charge in [-0.3, -0.25) is 0 Å². The zero-order valence-corrected chi connectivity index (χ0v) is 20.3. The van der Waals surface area contributed by atoms with E-state index in [2.05, 4.69) is 32.6 Å². The largest absolute Gasteiger partial charge is 0.391 e. The lowest BCUT2D eigenvalue weighted by Gasteiger charge is -2.32. The van der Waals surface area contributed by atoms with E-state index in [1.807, 2.05) is 6.26 Å². The molecule has 0 aliphatic rings. The third kappa shape index (κ3) is 12.9. The minimum absolute atomic E-state index is 0.265. The third-order valence-corrected chi connectivity index (χ3v) is 7.45.